The van der Waals surface area contributed by atoms with Gasteiger partial charge >= 0.3 is 0 Å². The highest BCUT2D eigenvalue weighted by molar-refractivity contribution is 6.02. The van der Waals surface area contributed by atoms with Crippen LogP contribution in [0.4, 0.5) is 10.1 Å². The number of aryl methyl sites for hydroxylation is 1. The molecule has 1 heterocycles. The van der Waals surface area contributed by atoms with Crippen molar-refractivity contribution in [1.29, 1.82) is 0 Å². The quantitative estimate of drug-likeness (QED) is 0.806. The van der Waals surface area contributed by atoms with Crippen LogP contribution in [0.1, 0.15) is 16.1 Å². The van der Waals surface area contributed by atoms with E-state index in [2.05, 4.69) is 10.4 Å². The molecule has 0 saturated heterocycles. The van der Waals surface area contributed by atoms with Crippen molar-refractivity contribution < 1.29 is 9.18 Å². The minimum atomic E-state index is -0.595. The van der Waals surface area contributed by atoms with Gasteiger partial charge in [-0.2, -0.15) is 5.10 Å². The second kappa shape index (κ2) is 6.45. The monoisotopic (exact) mass is 323 g/mol. The van der Waals surface area contributed by atoms with Crippen LogP contribution in [0.2, 0.25) is 0 Å². The molecule has 24 heavy (non-hydrogen) atoms. The van der Waals surface area contributed by atoms with Gasteiger partial charge in [-0.3, -0.25) is 9.59 Å². The molecule has 1 aromatic heterocycles. The molecular formula is C18H14FN3O2. The lowest BCUT2D eigenvalue weighted by Crippen LogP contribution is -2.25. The summed E-state index contributed by atoms with van der Waals surface area (Å²) in [4.78, 5) is 24.3. The van der Waals surface area contributed by atoms with Crippen molar-refractivity contribution in [3.05, 3.63) is 88.1 Å². The maximum Gasteiger partial charge on any atom is 0.280 e. The molecule has 120 valence electrons. The van der Waals surface area contributed by atoms with Crippen molar-refractivity contribution in [2.75, 3.05) is 5.32 Å². The van der Waals surface area contributed by atoms with Crippen LogP contribution < -0.4 is 10.7 Å². The summed E-state index contributed by atoms with van der Waals surface area (Å²) in [5.41, 5.74) is 1.39. The van der Waals surface area contributed by atoms with E-state index in [1.165, 1.54) is 41.2 Å². The van der Waals surface area contributed by atoms with E-state index in [1.54, 1.807) is 18.2 Å². The molecule has 0 aliphatic rings. The fourth-order valence-corrected chi connectivity index (χ4v) is 2.22. The Labute approximate surface area is 137 Å². The third-order valence-corrected chi connectivity index (χ3v) is 3.39. The van der Waals surface area contributed by atoms with Gasteiger partial charge in [0.25, 0.3) is 5.91 Å². The van der Waals surface area contributed by atoms with Crippen LogP contribution in [-0.2, 0) is 0 Å². The Kier molecular flexibility index (Phi) is 4.20. The van der Waals surface area contributed by atoms with Gasteiger partial charge in [0.2, 0.25) is 5.43 Å². The second-order valence-corrected chi connectivity index (χ2v) is 5.27. The van der Waals surface area contributed by atoms with Crippen molar-refractivity contribution in [2.24, 2.45) is 0 Å². The third-order valence-electron chi connectivity index (χ3n) is 3.39. The zero-order chi connectivity index (χ0) is 17.1. The minimum absolute atomic E-state index is 0.233. The lowest BCUT2D eigenvalue weighted by molar-refractivity contribution is 0.101. The molecule has 0 aliphatic heterocycles. The lowest BCUT2D eigenvalue weighted by atomic mass is 10.2. The number of nitrogens with one attached hydrogen (secondary N) is 1. The average Bonchev–Trinajstić information content (AvgIpc) is 2.56. The van der Waals surface area contributed by atoms with Crippen LogP contribution in [0, 0.1) is 12.7 Å². The summed E-state index contributed by atoms with van der Waals surface area (Å²) in [5, 5.41) is 6.71. The first-order valence-electron chi connectivity index (χ1n) is 7.27. The fraction of sp³-hybridized carbons (Fsp3) is 0.0556. The molecule has 0 fully saturated rings. The van der Waals surface area contributed by atoms with Gasteiger partial charge < -0.3 is 5.32 Å². The molecule has 0 radical (unpaired) electrons. The smallest absolute Gasteiger partial charge is 0.280 e. The van der Waals surface area contributed by atoms with Crippen molar-refractivity contribution >= 4 is 11.6 Å². The summed E-state index contributed by atoms with van der Waals surface area (Å²) in [6, 6.07) is 14.1. The predicted octanol–water partition coefficient (Wildman–Crippen LogP) is 2.93. The Bertz CT molecular complexity index is 949. The second-order valence-electron chi connectivity index (χ2n) is 5.27. The number of carbonyl (C=O) groups is 1. The van der Waals surface area contributed by atoms with Gasteiger partial charge in [0.15, 0.2) is 5.69 Å². The summed E-state index contributed by atoms with van der Waals surface area (Å²) >= 11 is 0. The van der Waals surface area contributed by atoms with E-state index in [1.807, 2.05) is 13.0 Å². The number of benzene rings is 2. The van der Waals surface area contributed by atoms with Crippen molar-refractivity contribution in [1.82, 2.24) is 9.78 Å². The summed E-state index contributed by atoms with van der Waals surface area (Å²) in [6.45, 7) is 1.90. The first-order valence-corrected chi connectivity index (χ1v) is 7.27. The average molecular weight is 323 g/mol. The minimum Gasteiger partial charge on any atom is -0.320 e. The van der Waals surface area contributed by atoms with Gasteiger partial charge in [0.1, 0.15) is 5.82 Å². The molecule has 0 bridgehead atoms. The van der Waals surface area contributed by atoms with Gasteiger partial charge in [0, 0.05) is 18.0 Å². The van der Waals surface area contributed by atoms with E-state index in [4.69, 9.17) is 0 Å². The van der Waals surface area contributed by atoms with Gasteiger partial charge in [-0.05, 0) is 48.9 Å². The Morgan fingerprint density at radius 1 is 1.12 bits per heavy atom. The molecule has 3 aromatic rings. The van der Waals surface area contributed by atoms with Crippen molar-refractivity contribution in [2.45, 2.75) is 6.92 Å². The Morgan fingerprint density at radius 2 is 1.88 bits per heavy atom. The van der Waals surface area contributed by atoms with Gasteiger partial charge in [-0.15, -0.1) is 0 Å². The van der Waals surface area contributed by atoms with Crippen LogP contribution in [0.25, 0.3) is 5.69 Å². The van der Waals surface area contributed by atoms with Crippen LogP contribution in [-0.4, -0.2) is 15.7 Å². The van der Waals surface area contributed by atoms with Gasteiger partial charge in [-0.1, -0.05) is 12.1 Å². The van der Waals surface area contributed by atoms with E-state index in [9.17, 15) is 14.0 Å². The van der Waals surface area contributed by atoms with Gasteiger partial charge in [0.05, 0.1) is 5.69 Å². The molecule has 1 amide bonds. The molecule has 5 nitrogen and oxygen atoms in total. The summed E-state index contributed by atoms with van der Waals surface area (Å²) in [7, 11) is 0. The number of carbonyl (C=O) groups excluding carboxylic acids is 1. The number of nitrogens with zero attached hydrogens (tertiary/aromatic N) is 2. The van der Waals surface area contributed by atoms with Gasteiger partial charge in [-0.25, -0.2) is 9.07 Å². The number of amides is 1. The highest BCUT2D eigenvalue weighted by Crippen LogP contribution is 2.11. The van der Waals surface area contributed by atoms with Crippen molar-refractivity contribution in [3.8, 4) is 5.69 Å². The summed E-state index contributed by atoms with van der Waals surface area (Å²) in [6.07, 6.45) is 1.43. The zero-order valence-corrected chi connectivity index (χ0v) is 12.9. The Balaban J connectivity index is 1.92. The molecular weight excluding hydrogens is 309 g/mol. The highest BCUT2D eigenvalue weighted by Gasteiger charge is 2.14. The summed E-state index contributed by atoms with van der Waals surface area (Å²) in [5.74, 6) is -0.973. The Morgan fingerprint density at radius 3 is 2.58 bits per heavy atom. The number of aromatic nitrogens is 2. The van der Waals surface area contributed by atoms with E-state index in [0.717, 1.165) is 5.56 Å². The molecule has 0 saturated carbocycles. The zero-order valence-electron chi connectivity index (χ0n) is 12.9. The lowest BCUT2D eigenvalue weighted by Gasteiger charge is -2.08. The standard InChI is InChI=1S/C18H14FN3O2/c1-12-3-2-4-14(11-12)20-18(24)17-16(23)9-10-22(21-17)15-7-5-13(19)6-8-15/h2-11H,1H3,(H,20,24). The maximum atomic E-state index is 13.0. The molecule has 0 atom stereocenters. The van der Waals surface area contributed by atoms with Crippen LogP contribution in [0.3, 0.4) is 0 Å². The summed E-state index contributed by atoms with van der Waals surface area (Å²) < 4.78 is 14.4. The topological polar surface area (TPSA) is 64.0 Å². The molecule has 0 aliphatic carbocycles. The van der Waals surface area contributed by atoms with Crippen LogP contribution in [0.5, 0.6) is 0 Å². The molecule has 3 rings (SSSR count). The number of anilines is 1. The normalized spacial score (nSPS) is 10.4. The van der Waals surface area contributed by atoms with Crippen LogP contribution >= 0.6 is 0 Å². The largest absolute Gasteiger partial charge is 0.320 e. The maximum absolute atomic E-state index is 13.0. The molecule has 6 heteroatoms. The first-order chi connectivity index (χ1) is 11.5. The molecule has 1 N–H and O–H groups in total. The SMILES string of the molecule is Cc1cccc(NC(=O)c2nn(-c3ccc(F)cc3)ccc2=O)c1. The number of hydrogen-bond donors (Lipinski definition) is 1. The highest BCUT2D eigenvalue weighted by atomic mass is 19.1. The molecule has 0 spiro atoms. The fourth-order valence-electron chi connectivity index (χ4n) is 2.22. The first kappa shape index (κ1) is 15.6. The third kappa shape index (κ3) is 3.38. The molecule has 2 aromatic carbocycles. The number of hydrogen-bond acceptors (Lipinski definition) is 3. The van der Waals surface area contributed by atoms with E-state index in [0.29, 0.717) is 11.4 Å². The van der Waals surface area contributed by atoms with E-state index < -0.39 is 11.3 Å². The molecule has 0 unspecified atom stereocenters. The van der Waals surface area contributed by atoms with E-state index in [-0.39, 0.29) is 11.5 Å². The number of halogens is 1. The predicted molar refractivity (Wildman–Crippen MR) is 88.9 cm³/mol. The van der Waals surface area contributed by atoms with E-state index >= 15 is 0 Å². The van der Waals surface area contributed by atoms with Crippen LogP contribution in [0.15, 0.2) is 65.6 Å². The number of rotatable bonds is 3. The Hall–Kier alpha value is -3.28. The van der Waals surface area contributed by atoms with Crippen molar-refractivity contribution in [3.63, 3.8) is 0 Å².